The third-order valence-corrected chi connectivity index (χ3v) is 5.42. The summed E-state index contributed by atoms with van der Waals surface area (Å²) in [5.74, 6) is 0.219. The molecule has 1 saturated heterocycles. The summed E-state index contributed by atoms with van der Waals surface area (Å²) in [6.07, 6.45) is -2.70. The highest BCUT2D eigenvalue weighted by Gasteiger charge is 2.30. The first-order chi connectivity index (χ1) is 13.9. The minimum absolute atomic E-state index is 0.170. The fourth-order valence-corrected chi connectivity index (χ4v) is 3.87. The Bertz CT molecular complexity index is 1020. The number of ether oxygens (including phenoxy) is 1. The lowest BCUT2D eigenvalue weighted by atomic mass is 9.92. The number of methoxy groups -OCH3 is 1. The molecule has 3 aromatic rings. The summed E-state index contributed by atoms with van der Waals surface area (Å²) in [4.78, 5) is 1.89. The van der Waals surface area contributed by atoms with Crippen molar-refractivity contribution >= 4 is 16.9 Å². The number of nitrogens with zero attached hydrogens (tertiary/aromatic N) is 3. The molecule has 1 fully saturated rings. The van der Waals surface area contributed by atoms with Crippen LogP contribution in [0.5, 0.6) is 0 Å². The molecule has 1 aromatic heterocycles. The number of benzene rings is 2. The summed E-state index contributed by atoms with van der Waals surface area (Å²) in [5, 5.41) is 13.6. The second-order valence-electron chi connectivity index (χ2n) is 7.13. The highest BCUT2D eigenvalue weighted by atomic mass is 19.4. The van der Waals surface area contributed by atoms with E-state index in [0.29, 0.717) is 18.8 Å². The maximum absolute atomic E-state index is 12.9. The number of likely N-dealkylation sites (tertiary alicyclic amines) is 1. The highest BCUT2D eigenvalue weighted by molar-refractivity contribution is 5.84. The van der Waals surface area contributed by atoms with Crippen LogP contribution in [-0.2, 0) is 10.9 Å². The lowest BCUT2D eigenvalue weighted by Gasteiger charge is -2.31. The quantitative estimate of drug-likeness (QED) is 0.495. The molecular weight excluding hydrogens is 381 g/mol. The van der Waals surface area contributed by atoms with Crippen molar-refractivity contribution in [3.63, 3.8) is 0 Å². The Morgan fingerprint density at radius 1 is 1.07 bits per heavy atom. The molecule has 0 saturated carbocycles. The number of rotatable bonds is 2. The van der Waals surface area contributed by atoms with E-state index in [1.165, 1.54) is 19.2 Å². The first kappa shape index (κ1) is 19.3. The van der Waals surface area contributed by atoms with Gasteiger partial charge in [0, 0.05) is 24.4 Å². The van der Waals surface area contributed by atoms with Crippen molar-refractivity contribution in [2.24, 2.45) is 0 Å². The van der Waals surface area contributed by atoms with Crippen molar-refractivity contribution < 1.29 is 17.9 Å². The zero-order valence-corrected chi connectivity index (χ0v) is 15.9. The Kier molecular flexibility index (Phi) is 4.94. The lowest BCUT2D eigenvalue weighted by Crippen LogP contribution is -2.38. The molecule has 0 bridgehead atoms. The molecule has 5 nitrogen and oxygen atoms in total. The highest BCUT2D eigenvalue weighted by Crippen LogP contribution is 2.34. The van der Waals surface area contributed by atoms with Crippen LogP contribution in [0.4, 0.5) is 13.2 Å². The normalized spacial score (nSPS) is 15.7. The fraction of sp³-hybridized carbons (Fsp3) is 0.333. The lowest BCUT2D eigenvalue weighted by molar-refractivity contribution is -0.137. The van der Waals surface area contributed by atoms with Gasteiger partial charge in [-0.15, -0.1) is 0 Å². The number of hydrogen-bond donors (Lipinski definition) is 1. The summed E-state index contributed by atoms with van der Waals surface area (Å²) in [7, 11) is 1.49. The van der Waals surface area contributed by atoms with E-state index in [2.05, 4.69) is 0 Å². The number of alkyl halides is 3. The molecule has 152 valence electrons. The maximum atomic E-state index is 12.9. The van der Waals surface area contributed by atoms with Crippen LogP contribution in [0, 0.1) is 5.41 Å². The van der Waals surface area contributed by atoms with Gasteiger partial charge in [-0.2, -0.15) is 18.3 Å². The Balaban J connectivity index is 1.67. The summed E-state index contributed by atoms with van der Waals surface area (Å²) < 4.78 is 45.4. The van der Waals surface area contributed by atoms with E-state index in [1.54, 1.807) is 4.68 Å². The van der Waals surface area contributed by atoms with Crippen molar-refractivity contribution in [2.75, 3.05) is 20.2 Å². The molecule has 1 aliphatic rings. The van der Waals surface area contributed by atoms with Crippen molar-refractivity contribution in [3.8, 4) is 5.69 Å². The zero-order chi connectivity index (χ0) is 20.6. The molecule has 2 aromatic carbocycles. The van der Waals surface area contributed by atoms with E-state index in [4.69, 9.17) is 15.2 Å². The monoisotopic (exact) mass is 402 g/mol. The van der Waals surface area contributed by atoms with Gasteiger partial charge >= 0.3 is 6.18 Å². The number of aromatic nitrogens is 2. The number of nitrogens with one attached hydrogen (secondary N) is 1. The summed E-state index contributed by atoms with van der Waals surface area (Å²) >= 11 is 0. The van der Waals surface area contributed by atoms with Gasteiger partial charge in [0.25, 0.3) is 6.02 Å². The van der Waals surface area contributed by atoms with Gasteiger partial charge in [-0.25, -0.2) is 4.68 Å². The van der Waals surface area contributed by atoms with E-state index >= 15 is 0 Å². The van der Waals surface area contributed by atoms with Crippen molar-refractivity contribution in [2.45, 2.75) is 24.9 Å². The first-order valence-electron chi connectivity index (χ1n) is 9.41. The summed E-state index contributed by atoms with van der Waals surface area (Å²) in [6, 6.07) is 13.0. The van der Waals surface area contributed by atoms with Crippen molar-refractivity contribution in [1.29, 1.82) is 5.41 Å². The molecule has 1 N–H and O–H groups in total. The van der Waals surface area contributed by atoms with Crippen LogP contribution in [0.1, 0.15) is 30.0 Å². The number of piperidine rings is 1. The Labute approximate surface area is 166 Å². The maximum Gasteiger partial charge on any atom is 0.416 e. The molecule has 0 atom stereocenters. The van der Waals surface area contributed by atoms with Crippen LogP contribution >= 0.6 is 0 Å². The van der Waals surface area contributed by atoms with E-state index in [1.807, 2.05) is 29.2 Å². The minimum Gasteiger partial charge on any atom is -0.469 e. The van der Waals surface area contributed by atoms with E-state index in [9.17, 15) is 13.2 Å². The molecule has 0 aliphatic carbocycles. The zero-order valence-electron chi connectivity index (χ0n) is 15.9. The van der Waals surface area contributed by atoms with Crippen LogP contribution in [0.15, 0.2) is 48.5 Å². The molecule has 0 spiro atoms. The SMILES string of the molecule is COC(=N)N1CCC(c2nn(-c3ccc(C(F)(F)F)cc3)c3ccccc23)CC1. The second-order valence-corrected chi connectivity index (χ2v) is 7.13. The predicted octanol–water partition coefficient (Wildman–Crippen LogP) is 4.80. The van der Waals surface area contributed by atoms with Gasteiger partial charge in [-0.1, -0.05) is 18.2 Å². The number of halogens is 3. The van der Waals surface area contributed by atoms with E-state index < -0.39 is 11.7 Å². The van der Waals surface area contributed by atoms with Crippen molar-refractivity contribution in [1.82, 2.24) is 14.7 Å². The Hall–Kier alpha value is -3.03. The Morgan fingerprint density at radius 2 is 1.72 bits per heavy atom. The molecular formula is C21H21F3N4O. The largest absolute Gasteiger partial charge is 0.469 e. The molecule has 8 heteroatoms. The third-order valence-electron chi connectivity index (χ3n) is 5.42. The van der Waals surface area contributed by atoms with Crippen LogP contribution in [-0.4, -0.2) is 40.9 Å². The van der Waals surface area contributed by atoms with Gasteiger partial charge in [-0.05, 0) is 43.2 Å². The van der Waals surface area contributed by atoms with Gasteiger partial charge < -0.3 is 9.64 Å². The van der Waals surface area contributed by atoms with Gasteiger partial charge in [0.1, 0.15) is 0 Å². The fourth-order valence-electron chi connectivity index (χ4n) is 3.87. The number of para-hydroxylation sites is 1. The summed E-state index contributed by atoms with van der Waals surface area (Å²) in [5.41, 5.74) is 1.74. The van der Waals surface area contributed by atoms with E-state index in [0.717, 1.165) is 41.6 Å². The molecule has 0 radical (unpaired) electrons. The van der Waals surface area contributed by atoms with Crippen molar-refractivity contribution in [3.05, 3.63) is 59.8 Å². The molecule has 2 heterocycles. The number of fused-ring (bicyclic) bond motifs is 1. The van der Waals surface area contributed by atoms with Crippen LogP contribution < -0.4 is 0 Å². The number of hydrogen-bond acceptors (Lipinski definition) is 3. The van der Waals surface area contributed by atoms with Gasteiger partial charge in [0.2, 0.25) is 0 Å². The third kappa shape index (κ3) is 3.66. The number of amidine groups is 1. The molecule has 29 heavy (non-hydrogen) atoms. The molecule has 0 unspecified atom stereocenters. The molecule has 1 aliphatic heterocycles. The topological polar surface area (TPSA) is 54.1 Å². The van der Waals surface area contributed by atoms with Gasteiger partial charge in [0.15, 0.2) is 0 Å². The van der Waals surface area contributed by atoms with E-state index in [-0.39, 0.29) is 11.9 Å². The van der Waals surface area contributed by atoms with Crippen LogP contribution in [0.3, 0.4) is 0 Å². The van der Waals surface area contributed by atoms with Gasteiger partial charge in [-0.3, -0.25) is 5.41 Å². The van der Waals surface area contributed by atoms with Gasteiger partial charge in [0.05, 0.1) is 29.6 Å². The second kappa shape index (κ2) is 7.42. The molecule has 0 amide bonds. The predicted molar refractivity (Wildman–Crippen MR) is 104 cm³/mol. The summed E-state index contributed by atoms with van der Waals surface area (Å²) in [6.45, 7) is 1.41. The Morgan fingerprint density at radius 3 is 2.34 bits per heavy atom. The minimum atomic E-state index is -4.36. The average molecular weight is 402 g/mol. The smallest absolute Gasteiger partial charge is 0.416 e. The standard InChI is InChI=1S/C21H21F3N4O/c1-29-20(25)27-12-10-14(11-13-27)19-17-4-2-3-5-18(17)28(26-19)16-8-6-15(7-9-16)21(22,23)24/h2-9,14,25H,10-13H2,1H3. The first-order valence-corrected chi connectivity index (χ1v) is 9.41. The van der Waals surface area contributed by atoms with Crippen LogP contribution in [0.25, 0.3) is 16.6 Å². The van der Waals surface area contributed by atoms with Crippen LogP contribution in [0.2, 0.25) is 0 Å². The molecule has 4 rings (SSSR count). The average Bonchev–Trinajstić information content (AvgIpc) is 3.12.